The fraction of sp³-hybridized carbons (Fsp3) is 0.0833. The predicted octanol–water partition coefficient (Wildman–Crippen LogP) is 3.64. The van der Waals surface area contributed by atoms with Crippen molar-refractivity contribution in [3.63, 3.8) is 0 Å². The molecule has 106 valence electrons. The first kappa shape index (κ1) is 15.0. The van der Waals surface area contributed by atoms with E-state index in [4.69, 9.17) is 23.2 Å². The van der Waals surface area contributed by atoms with Gasteiger partial charge >= 0.3 is 0 Å². The monoisotopic (exact) mass is 334 g/mol. The molecule has 20 heavy (non-hydrogen) atoms. The van der Waals surface area contributed by atoms with Crippen molar-refractivity contribution < 1.29 is 12.8 Å². The summed E-state index contributed by atoms with van der Waals surface area (Å²) in [5.41, 5.74) is 0.865. The van der Waals surface area contributed by atoms with E-state index in [-0.39, 0.29) is 20.8 Å². The lowest BCUT2D eigenvalue weighted by Gasteiger charge is -2.11. The Balaban J connectivity index is 2.43. The minimum Gasteiger partial charge on any atom is -0.276 e. The number of benzene rings is 1. The number of pyridine rings is 1. The van der Waals surface area contributed by atoms with Crippen LogP contribution in [0.5, 0.6) is 0 Å². The van der Waals surface area contributed by atoms with Crippen LogP contribution in [0.4, 0.5) is 10.1 Å². The van der Waals surface area contributed by atoms with Gasteiger partial charge in [0.25, 0.3) is 10.0 Å². The van der Waals surface area contributed by atoms with E-state index in [1.54, 1.807) is 6.92 Å². The smallest absolute Gasteiger partial charge is 0.263 e. The summed E-state index contributed by atoms with van der Waals surface area (Å²) in [6, 6.07) is 4.55. The van der Waals surface area contributed by atoms with Crippen molar-refractivity contribution in [2.24, 2.45) is 0 Å². The molecule has 1 aromatic carbocycles. The van der Waals surface area contributed by atoms with Crippen molar-refractivity contribution in [2.75, 3.05) is 4.72 Å². The number of hydrogen-bond donors (Lipinski definition) is 1. The minimum absolute atomic E-state index is 0.0115. The summed E-state index contributed by atoms with van der Waals surface area (Å²) in [6.45, 7) is 1.74. The Morgan fingerprint density at radius 3 is 2.60 bits per heavy atom. The van der Waals surface area contributed by atoms with Crippen LogP contribution in [-0.4, -0.2) is 13.4 Å². The maximum Gasteiger partial charge on any atom is 0.263 e. The SMILES string of the molecule is Cc1cnc(Cl)c(NS(=O)(=O)c2ccc(F)cc2Cl)c1. The number of hydrogen-bond acceptors (Lipinski definition) is 3. The summed E-state index contributed by atoms with van der Waals surface area (Å²) in [7, 11) is -3.97. The molecule has 0 fully saturated rings. The van der Waals surface area contributed by atoms with Gasteiger partial charge in [0.05, 0.1) is 10.7 Å². The molecule has 1 N–H and O–H groups in total. The first-order valence-electron chi connectivity index (χ1n) is 5.39. The quantitative estimate of drug-likeness (QED) is 0.872. The Hall–Kier alpha value is -1.37. The van der Waals surface area contributed by atoms with Gasteiger partial charge in [-0.2, -0.15) is 0 Å². The highest BCUT2D eigenvalue weighted by molar-refractivity contribution is 7.92. The van der Waals surface area contributed by atoms with E-state index in [1.807, 2.05) is 0 Å². The molecule has 0 aliphatic rings. The van der Waals surface area contributed by atoms with Gasteiger partial charge in [-0.05, 0) is 36.8 Å². The van der Waals surface area contributed by atoms with Crippen molar-refractivity contribution in [3.05, 3.63) is 52.0 Å². The Kier molecular flexibility index (Phi) is 4.17. The van der Waals surface area contributed by atoms with E-state index < -0.39 is 15.8 Å². The van der Waals surface area contributed by atoms with Gasteiger partial charge in [0.2, 0.25) is 0 Å². The third-order valence-electron chi connectivity index (χ3n) is 2.40. The maximum absolute atomic E-state index is 12.9. The van der Waals surface area contributed by atoms with E-state index in [9.17, 15) is 12.8 Å². The molecule has 2 aromatic rings. The van der Waals surface area contributed by atoms with Crippen LogP contribution in [0.2, 0.25) is 10.2 Å². The molecule has 0 bridgehead atoms. The minimum atomic E-state index is -3.97. The van der Waals surface area contributed by atoms with Crippen LogP contribution in [0.15, 0.2) is 35.4 Å². The molecule has 0 aliphatic heterocycles. The summed E-state index contributed by atoms with van der Waals surface area (Å²) in [4.78, 5) is 3.60. The number of aromatic nitrogens is 1. The van der Waals surface area contributed by atoms with E-state index in [2.05, 4.69) is 9.71 Å². The normalized spacial score (nSPS) is 11.4. The second-order valence-electron chi connectivity index (χ2n) is 4.03. The van der Waals surface area contributed by atoms with Gasteiger partial charge < -0.3 is 0 Å². The lowest BCUT2D eigenvalue weighted by atomic mass is 10.3. The Morgan fingerprint density at radius 2 is 1.95 bits per heavy atom. The lowest BCUT2D eigenvalue weighted by Crippen LogP contribution is -2.14. The largest absolute Gasteiger partial charge is 0.276 e. The molecular formula is C12H9Cl2FN2O2S. The number of rotatable bonds is 3. The lowest BCUT2D eigenvalue weighted by molar-refractivity contribution is 0.599. The van der Waals surface area contributed by atoms with Crippen LogP contribution in [0.1, 0.15) is 5.56 Å². The number of nitrogens with one attached hydrogen (secondary N) is 1. The van der Waals surface area contributed by atoms with E-state index >= 15 is 0 Å². The first-order valence-corrected chi connectivity index (χ1v) is 7.63. The Bertz CT molecular complexity index is 766. The van der Waals surface area contributed by atoms with E-state index in [0.717, 1.165) is 23.8 Å². The highest BCUT2D eigenvalue weighted by Crippen LogP contribution is 2.27. The molecule has 4 nitrogen and oxygen atoms in total. The van der Waals surface area contributed by atoms with Gasteiger partial charge in [0, 0.05) is 6.20 Å². The number of anilines is 1. The van der Waals surface area contributed by atoms with Gasteiger partial charge in [-0.25, -0.2) is 17.8 Å². The van der Waals surface area contributed by atoms with Crippen LogP contribution in [0.3, 0.4) is 0 Å². The average Bonchev–Trinajstić information content (AvgIpc) is 2.33. The van der Waals surface area contributed by atoms with Crippen LogP contribution in [0, 0.1) is 12.7 Å². The number of halogens is 3. The van der Waals surface area contributed by atoms with Gasteiger partial charge in [0.15, 0.2) is 5.15 Å². The summed E-state index contributed by atoms with van der Waals surface area (Å²) in [5, 5.41) is -0.202. The zero-order valence-electron chi connectivity index (χ0n) is 10.2. The molecule has 0 atom stereocenters. The number of sulfonamides is 1. The topological polar surface area (TPSA) is 59.1 Å². The van der Waals surface area contributed by atoms with Crippen molar-refractivity contribution in [1.29, 1.82) is 0 Å². The highest BCUT2D eigenvalue weighted by atomic mass is 35.5. The third-order valence-corrected chi connectivity index (χ3v) is 4.55. The fourth-order valence-electron chi connectivity index (χ4n) is 1.52. The Labute approximate surface area is 125 Å². The second kappa shape index (κ2) is 5.55. The third kappa shape index (κ3) is 3.20. The molecule has 0 aliphatic carbocycles. The number of nitrogens with zero attached hydrogens (tertiary/aromatic N) is 1. The van der Waals surface area contributed by atoms with Crippen LogP contribution < -0.4 is 4.72 Å². The van der Waals surface area contributed by atoms with E-state index in [1.165, 1.54) is 12.3 Å². The van der Waals surface area contributed by atoms with Crippen LogP contribution >= 0.6 is 23.2 Å². The van der Waals surface area contributed by atoms with Gasteiger partial charge in [0.1, 0.15) is 10.7 Å². The summed E-state index contributed by atoms with van der Waals surface area (Å²) >= 11 is 11.6. The van der Waals surface area contributed by atoms with E-state index in [0.29, 0.717) is 0 Å². The zero-order valence-corrected chi connectivity index (χ0v) is 12.5. The van der Waals surface area contributed by atoms with Gasteiger partial charge in [-0.15, -0.1) is 0 Å². The average molecular weight is 335 g/mol. The molecule has 0 amide bonds. The molecule has 0 unspecified atom stereocenters. The first-order chi connectivity index (χ1) is 9.29. The highest BCUT2D eigenvalue weighted by Gasteiger charge is 2.20. The summed E-state index contributed by atoms with van der Waals surface area (Å²) in [6.07, 6.45) is 1.50. The molecule has 0 saturated carbocycles. The van der Waals surface area contributed by atoms with Gasteiger partial charge in [-0.3, -0.25) is 4.72 Å². The maximum atomic E-state index is 12.9. The van der Waals surface area contributed by atoms with Crippen molar-refractivity contribution in [3.8, 4) is 0 Å². The summed E-state index contributed by atoms with van der Waals surface area (Å²) in [5.74, 6) is -0.621. The molecular weight excluding hydrogens is 326 g/mol. The van der Waals surface area contributed by atoms with Crippen molar-refractivity contribution in [1.82, 2.24) is 4.98 Å². The van der Waals surface area contributed by atoms with Gasteiger partial charge in [-0.1, -0.05) is 23.2 Å². The van der Waals surface area contributed by atoms with Crippen molar-refractivity contribution in [2.45, 2.75) is 11.8 Å². The molecule has 2 rings (SSSR count). The van der Waals surface area contributed by atoms with Crippen LogP contribution in [-0.2, 0) is 10.0 Å². The molecule has 0 saturated heterocycles. The molecule has 8 heteroatoms. The molecule has 1 aromatic heterocycles. The molecule has 0 spiro atoms. The number of aryl methyl sites for hydroxylation is 1. The zero-order chi connectivity index (χ0) is 14.9. The predicted molar refractivity (Wildman–Crippen MR) is 76.2 cm³/mol. The molecule has 1 heterocycles. The summed E-state index contributed by atoms with van der Waals surface area (Å²) < 4.78 is 39.6. The van der Waals surface area contributed by atoms with Crippen molar-refractivity contribution >= 4 is 38.9 Å². The standard InChI is InChI=1S/C12H9Cl2FN2O2S/c1-7-4-10(12(14)16-6-7)17-20(18,19)11-3-2-8(15)5-9(11)13/h2-6,17H,1H3. The molecule has 0 radical (unpaired) electrons. The fourth-order valence-corrected chi connectivity index (χ4v) is 3.31. The van der Waals surface area contributed by atoms with Crippen LogP contribution in [0.25, 0.3) is 0 Å². The Morgan fingerprint density at radius 1 is 1.25 bits per heavy atom. The second-order valence-corrected chi connectivity index (χ2v) is 6.45.